The molecule has 0 atom stereocenters. The van der Waals surface area contributed by atoms with Crippen LogP contribution in [0, 0.1) is 0 Å². The van der Waals surface area contributed by atoms with Crippen LogP contribution in [0.25, 0.3) is 71.6 Å². The van der Waals surface area contributed by atoms with E-state index in [0.29, 0.717) is 0 Å². The fraction of sp³-hybridized carbons (Fsp3) is 0. The van der Waals surface area contributed by atoms with E-state index in [0.717, 1.165) is 60.9 Å². The lowest BCUT2D eigenvalue weighted by Gasteiger charge is -2.13. The summed E-state index contributed by atoms with van der Waals surface area (Å²) in [6.45, 7) is 0. The molecule has 3 heterocycles. The van der Waals surface area contributed by atoms with Crippen molar-refractivity contribution in [3.63, 3.8) is 0 Å². The van der Waals surface area contributed by atoms with Crippen LogP contribution in [-0.4, -0.2) is 9.38 Å². The largest absolute Gasteiger partial charge is 0.456 e. The molecular weight excluding hydrogens is 440 g/mol. The van der Waals surface area contributed by atoms with Crippen LogP contribution in [0.3, 0.4) is 0 Å². The van der Waals surface area contributed by atoms with E-state index >= 15 is 0 Å². The van der Waals surface area contributed by atoms with Crippen molar-refractivity contribution in [2.75, 3.05) is 0 Å². The van der Waals surface area contributed by atoms with Gasteiger partial charge in [-0.05, 0) is 40.8 Å². The van der Waals surface area contributed by atoms with E-state index in [2.05, 4.69) is 108 Å². The summed E-state index contributed by atoms with van der Waals surface area (Å²) in [5.74, 6) is 0. The molecule has 8 aromatic rings. The minimum atomic E-state index is 0.901. The second-order valence-corrected chi connectivity index (χ2v) is 9.22. The van der Waals surface area contributed by atoms with Crippen LogP contribution >= 0.6 is 0 Å². The lowest BCUT2D eigenvalue weighted by atomic mass is 9.96. The van der Waals surface area contributed by atoms with E-state index in [1.54, 1.807) is 0 Å². The van der Waals surface area contributed by atoms with Crippen LogP contribution in [0.4, 0.5) is 0 Å². The Hall–Kier alpha value is -4.89. The van der Waals surface area contributed by atoms with Gasteiger partial charge in [0.15, 0.2) is 0 Å². The fourth-order valence-corrected chi connectivity index (χ4v) is 5.64. The smallest absolute Gasteiger partial charge is 0.145 e. The third-order valence-corrected chi connectivity index (χ3v) is 7.26. The Morgan fingerprint density at radius 2 is 1.19 bits per heavy atom. The van der Waals surface area contributed by atoms with Crippen molar-refractivity contribution in [2.45, 2.75) is 0 Å². The Bertz CT molecular complexity index is 2110. The SMILES string of the molecule is c1ccc(-c2cnc3c4ccccc4c4ccccc4n23)c(-c2ccc3c(c2)oc2ccccc23)c1. The second-order valence-electron chi connectivity index (χ2n) is 9.22. The van der Waals surface area contributed by atoms with Crippen molar-refractivity contribution in [1.29, 1.82) is 0 Å². The maximum atomic E-state index is 6.20. The van der Waals surface area contributed by atoms with Crippen molar-refractivity contribution < 1.29 is 4.42 Å². The van der Waals surface area contributed by atoms with Gasteiger partial charge in [-0.1, -0.05) is 91.0 Å². The van der Waals surface area contributed by atoms with Gasteiger partial charge in [-0.25, -0.2) is 4.98 Å². The summed E-state index contributed by atoms with van der Waals surface area (Å²) in [6, 6.07) is 40.4. The predicted molar refractivity (Wildman–Crippen MR) is 148 cm³/mol. The standard InChI is InChI=1S/C33H20N2O/c1-3-11-24(22(9-1)21-17-18-27-26-13-6-8-16-31(26)36-32(27)19-21)30-20-34-33-28-14-4-2-10-23(28)25-12-5-7-15-29(25)35(30)33/h1-20H. The van der Waals surface area contributed by atoms with Crippen LogP contribution in [0.1, 0.15) is 0 Å². The van der Waals surface area contributed by atoms with Crippen LogP contribution in [0.5, 0.6) is 0 Å². The van der Waals surface area contributed by atoms with Gasteiger partial charge in [0.05, 0.1) is 17.4 Å². The number of pyridine rings is 1. The Morgan fingerprint density at radius 1 is 0.528 bits per heavy atom. The molecule has 36 heavy (non-hydrogen) atoms. The van der Waals surface area contributed by atoms with E-state index in [1.807, 2.05) is 18.3 Å². The molecule has 0 saturated carbocycles. The summed E-state index contributed by atoms with van der Waals surface area (Å²) < 4.78 is 8.51. The molecule has 8 rings (SSSR count). The van der Waals surface area contributed by atoms with Gasteiger partial charge in [0.2, 0.25) is 0 Å². The number of benzene rings is 5. The van der Waals surface area contributed by atoms with Crippen molar-refractivity contribution >= 4 is 49.3 Å². The number of rotatable bonds is 2. The summed E-state index contributed by atoms with van der Waals surface area (Å²) >= 11 is 0. The number of hydrogen-bond donors (Lipinski definition) is 0. The third-order valence-electron chi connectivity index (χ3n) is 7.26. The zero-order valence-corrected chi connectivity index (χ0v) is 19.3. The summed E-state index contributed by atoms with van der Waals surface area (Å²) in [4.78, 5) is 4.93. The molecule has 0 bridgehead atoms. The lowest BCUT2D eigenvalue weighted by molar-refractivity contribution is 0.669. The monoisotopic (exact) mass is 460 g/mol. The molecular formula is C33H20N2O. The van der Waals surface area contributed by atoms with Gasteiger partial charge < -0.3 is 4.42 Å². The highest BCUT2D eigenvalue weighted by Crippen LogP contribution is 2.38. The first-order chi connectivity index (χ1) is 17.9. The molecule has 3 aromatic heterocycles. The third kappa shape index (κ3) is 2.65. The van der Waals surface area contributed by atoms with E-state index in [-0.39, 0.29) is 0 Å². The van der Waals surface area contributed by atoms with E-state index in [4.69, 9.17) is 9.40 Å². The van der Waals surface area contributed by atoms with Crippen molar-refractivity contribution in [3.05, 3.63) is 121 Å². The van der Waals surface area contributed by atoms with Crippen molar-refractivity contribution in [3.8, 4) is 22.4 Å². The van der Waals surface area contributed by atoms with Crippen molar-refractivity contribution in [2.24, 2.45) is 0 Å². The molecule has 0 spiro atoms. The zero-order chi connectivity index (χ0) is 23.6. The van der Waals surface area contributed by atoms with Gasteiger partial charge in [0, 0.05) is 27.1 Å². The Balaban J connectivity index is 1.42. The van der Waals surface area contributed by atoms with Gasteiger partial charge >= 0.3 is 0 Å². The highest BCUT2D eigenvalue weighted by Gasteiger charge is 2.17. The Kier molecular flexibility index (Phi) is 3.94. The molecule has 0 unspecified atom stereocenters. The maximum absolute atomic E-state index is 6.20. The Morgan fingerprint density at radius 3 is 2.08 bits per heavy atom. The molecule has 0 aliphatic carbocycles. The molecule has 0 saturated heterocycles. The first kappa shape index (κ1) is 19.4. The van der Waals surface area contributed by atoms with Crippen LogP contribution < -0.4 is 0 Å². The molecule has 0 radical (unpaired) electrons. The highest BCUT2D eigenvalue weighted by atomic mass is 16.3. The quantitative estimate of drug-likeness (QED) is 0.241. The number of aromatic nitrogens is 2. The van der Waals surface area contributed by atoms with Gasteiger partial charge in [0.1, 0.15) is 16.8 Å². The number of hydrogen-bond acceptors (Lipinski definition) is 2. The number of fused-ring (bicyclic) bond motifs is 9. The average Bonchev–Trinajstić information content (AvgIpc) is 3.55. The highest BCUT2D eigenvalue weighted by molar-refractivity contribution is 6.12. The zero-order valence-electron chi connectivity index (χ0n) is 19.3. The summed E-state index contributed by atoms with van der Waals surface area (Å²) in [5.41, 5.74) is 8.43. The molecule has 0 aliphatic heterocycles. The predicted octanol–water partition coefficient (Wildman–Crippen LogP) is 8.87. The van der Waals surface area contributed by atoms with E-state index in [1.165, 1.54) is 10.8 Å². The minimum absolute atomic E-state index is 0.901. The van der Waals surface area contributed by atoms with Crippen LogP contribution in [-0.2, 0) is 0 Å². The van der Waals surface area contributed by atoms with Crippen molar-refractivity contribution in [1.82, 2.24) is 9.38 Å². The Labute approximate surface area is 206 Å². The topological polar surface area (TPSA) is 30.4 Å². The van der Waals surface area contributed by atoms with Gasteiger partial charge in [-0.2, -0.15) is 0 Å². The summed E-state index contributed by atoms with van der Waals surface area (Å²) in [6.07, 6.45) is 2.01. The van der Waals surface area contributed by atoms with E-state index in [9.17, 15) is 0 Å². The molecule has 5 aromatic carbocycles. The van der Waals surface area contributed by atoms with Crippen LogP contribution in [0.15, 0.2) is 126 Å². The molecule has 3 heteroatoms. The molecule has 168 valence electrons. The first-order valence-corrected chi connectivity index (χ1v) is 12.1. The lowest BCUT2D eigenvalue weighted by Crippen LogP contribution is -1.95. The average molecular weight is 461 g/mol. The van der Waals surface area contributed by atoms with E-state index < -0.39 is 0 Å². The van der Waals surface area contributed by atoms with Gasteiger partial charge in [0.25, 0.3) is 0 Å². The molecule has 0 fully saturated rings. The summed E-state index contributed by atoms with van der Waals surface area (Å²) in [5, 5.41) is 5.89. The van der Waals surface area contributed by atoms with Gasteiger partial charge in [-0.3, -0.25) is 4.40 Å². The number of nitrogens with zero attached hydrogens (tertiary/aromatic N) is 2. The molecule has 3 nitrogen and oxygen atoms in total. The number of imidazole rings is 1. The van der Waals surface area contributed by atoms with Crippen LogP contribution in [0.2, 0.25) is 0 Å². The summed E-state index contributed by atoms with van der Waals surface area (Å²) in [7, 11) is 0. The normalized spacial score (nSPS) is 11.9. The molecule has 0 amide bonds. The van der Waals surface area contributed by atoms with Gasteiger partial charge in [-0.15, -0.1) is 0 Å². The minimum Gasteiger partial charge on any atom is -0.456 e. The first-order valence-electron chi connectivity index (χ1n) is 12.1. The fourth-order valence-electron chi connectivity index (χ4n) is 5.64. The number of para-hydroxylation sites is 2. The molecule has 0 N–H and O–H groups in total. The second kappa shape index (κ2) is 7.30. The number of furan rings is 1. The maximum Gasteiger partial charge on any atom is 0.145 e. The molecule has 0 aliphatic rings.